The van der Waals surface area contributed by atoms with E-state index < -0.39 is 0 Å². The summed E-state index contributed by atoms with van der Waals surface area (Å²) in [5, 5.41) is 0. The van der Waals surface area contributed by atoms with E-state index in [1.807, 2.05) is 17.0 Å². The SMILES string of the molecule is C=C(C)C1=C(C)N(c2cccc(C)c2)C(=O)C(C(=C)N2CCN(C3CCCCCC3)CC2)C1c1ccc(C)cc1. The van der Waals surface area contributed by atoms with Crippen LogP contribution in [0.25, 0.3) is 0 Å². The van der Waals surface area contributed by atoms with Gasteiger partial charge in [-0.25, -0.2) is 0 Å². The molecule has 0 bridgehead atoms. The molecular weight excluding hydrogens is 490 g/mol. The van der Waals surface area contributed by atoms with Crippen LogP contribution in [0.1, 0.15) is 75.0 Å². The molecule has 2 aliphatic heterocycles. The summed E-state index contributed by atoms with van der Waals surface area (Å²) in [7, 11) is 0. The van der Waals surface area contributed by atoms with Gasteiger partial charge in [0.05, 0.1) is 5.92 Å². The number of carbonyl (C=O) groups excluding carboxylic acids is 1. The normalized spacial score (nSPS) is 23.4. The highest BCUT2D eigenvalue weighted by molar-refractivity contribution is 6.02. The Balaban J connectivity index is 1.51. The molecule has 1 saturated heterocycles. The van der Waals surface area contributed by atoms with Gasteiger partial charge in [0.2, 0.25) is 5.91 Å². The van der Waals surface area contributed by atoms with Gasteiger partial charge in [0, 0.05) is 55.2 Å². The molecule has 0 radical (unpaired) electrons. The quantitative estimate of drug-likeness (QED) is 0.353. The molecule has 2 unspecified atom stereocenters. The first-order valence-corrected chi connectivity index (χ1v) is 15.3. The van der Waals surface area contributed by atoms with Crippen molar-refractivity contribution in [3.63, 3.8) is 0 Å². The van der Waals surface area contributed by atoms with Crippen molar-refractivity contribution < 1.29 is 4.79 Å². The van der Waals surface area contributed by atoms with Crippen LogP contribution in [0.2, 0.25) is 0 Å². The van der Waals surface area contributed by atoms with Crippen LogP contribution in [-0.2, 0) is 4.79 Å². The number of piperazine rings is 1. The maximum Gasteiger partial charge on any atom is 0.241 e. The Hall–Kier alpha value is -3.11. The molecule has 2 atom stereocenters. The first-order chi connectivity index (χ1) is 19.3. The summed E-state index contributed by atoms with van der Waals surface area (Å²) in [6, 6.07) is 17.7. The van der Waals surface area contributed by atoms with E-state index in [4.69, 9.17) is 0 Å². The number of allylic oxidation sites excluding steroid dienone is 3. The lowest BCUT2D eigenvalue weighted by Crippen LogP contribution is -2.53. The number of hydrogen-bond donors (Lipinski definition) is 0. The van der Waals surface area contributed by atoms with Gasteiger partial charge in [-0.3, -0.25) is 14.6 Å². The van der Waals surface area contributed by atoms with Gasteiger partial charge in [-0.1, -0.05) is 86.4 Å². The number of carbonyl (C=O) groups is 1. The molecule has 0 spiro atoms. The highest BCUT2D eigenvalue weighted by Gasteiger charge is 2.45. The van der Waals surface area contributed by atoms with E-state index in [9.17, 15) is 4.79 Å². The first-order valence-electron chi connectivity index (χ1n) is 15.3. The Bertz CT molecular complexity index is 1270. The van der Waals surface area contributed by atoms with E-state index in [0.29, 0.717) is 6.04 Å². The van der Waals surface area contributed by atoms with Crippen molar-refractivity contribution >= 4 is 11.6 Å². The van der Waals surface area contributed by atoms with E-state index >= 15 is 0 Å². The number of aryl methyl sites for hydroxylation is 2. The molecular formula is C36H47N3O. The molecule has 2 fully saturated rings. The maximum atomic E-state index is 14.7. The summed E-state index contributed by atoms with van der Waals surface area (Å²) < 4.78 is 0. The Morgan fingerprint density at radius 3 is 2.08 bits per heavy atom. The third kappa shape index (κ3) is 5.69. The minimum absolute atomic E-state index is 0.106. The van der Waals surface area contributed by atoms with Gasteiger partial charge in [-0.05, 0) is 69.4 Å². The van der Waals surface area contributed by atoms with Gasteiger partial charge in [-0.15, -0.1) is 0 Å². The van der Waals surface area contributed by atoms with Crippen molar-refractivity contribution in [1.82, 2.24) is 9.80 Å². The second-order valence-corrected chi connectivity index (χ2v) is 12.3. The molecule has 4 heteroatoms. The van der Waals surface area contributed by atoms with Gasteiger partial charge < -0.3 is 4.90 Å². The lowest BCUT2D eigenvalue weighted by Gasteiger charge is -2.46. The molecule has 212 valence electrons. The fraction of sp³-hybridized carbons (Fsp3) is 0.472. The largest absolute Gasteiger partial charge is 0.372 e. The van der Waals surface area contributed by atoms with Crippen LogP contribution in [0, 0.1) is 19.8 Å². The van der Waals surface area contributed by atoms with Crippen LogP contribution < -0.4 is 4.90 Å². The summed E-state index contributed by atoms with van der Waals surface area (Å²) in [6.07, 6.45) is 8.14. The smallest absolute Gasteiger partial charge is 0.241 e. The zero-order valence-corrected chi connectivity index (χ0v) is 25.1. The van der Waals surface area contributed by atoms with Gasteiger partial charge in [0.25, 0.3) is 0 Å². The number of nitrogens with zero attached hydrogens (tertiary/aromatic N) is 3. The lowest BCUT2D eigenvalue weighted by atomic mass is 9.72. The van der Waals surface area contributed by atoms with Crippen molar-refractivity contribution in [2.24, 2.45) is 5.92 Å². The summed E-state index contributed by atoms with van der Waals surface area (Å²) in [6.45, 7) is 21.4. The second-order valence-electron chi connectivity index (χ2n) is 12.3. The van der Waals surface area contributed by atoms with Crippen molar-refractivity contribution in [3.05, 3.63) is 101 Å². The molecule has 1 saturated carbocycles. The number of anilines is 1. The molecule has 2 aromatic rings. The summed E-state index contributed by atoms with van der Waals surface area (Å²) in [5.74, 6) is -0.392. The number of hydrogen-bond acceptors (Lipinski definition) is 3. The van der Waals surface area contributed by atoms with Crippen LogP contribution >= 0.6 is 0 Å². The van der Waals surface area contributed by atoms with Crippen molar-refractivity contribution in [2.75, 3.05) is 31.1 Å². The van der Waals surface area contributed by atoms with Gasteiger partial charge >= 0.3 is 0 Å². The van der Waals surface area contributed by atoms with E-state index in [0.717, 1.165) is 65.5 Å². The van der Waals surface area contributed by atoms with Crippen molar-refractivity contribution in [3.8, 4) is 0 Å². The summed E-state index contributed by atoms with van der Waals surface area (Å²) in [5.41, 5.74) is 8.49. The maximum absolute atomic E-state index is 14.7. The van der Waals surface area contributed by atoms with Crippen molar-refractivity contribution in [1.29, 1.82) is 0 Å². The average molecular weight is 538 g/mol. The van der Waals surface area contributed by atoms with Crippen LogP contribution in [0.4, 0.5) is 5.69 Å². The predicted octanol–water partition coefficient (Wildman–Crippen LogP) is 7.75. The molecule has 40 heavy (non-hydrogen) atoms. The predicted molar refractivity (Wildman–Crippen MR) is 167 cm³/mol. The Labute approximate surface area is 242 Å². The molecule has 5 rings (SSSR count). The van der Waals surface area contributed by atoms with E-state index in [1.165, 1.54) is 44.1 Å². The summed E-state index contributed by atoms with van der Waals surface area (Å²) >= 11 is 0. The highest BCUT2D eigenvalue weighted by atomic mass is 16.2. The molecule has 1 aliphatic carbocycles. The third-order valence-corrected chi connectivity index (χ3v) is 9.43. The number of benzene rings is 2. The molecule has 0 N–H and O–H groups in total. The topological polar surface area (TPSA) is 26.8 Å². The number of rotatable bonds is 6. The molecule has 3 aliphatic rings. The van der Waals surface area contributed by atoms with Crippen LogP contribution in [0.3, 0.4) is 0 Å². The van der Waals surface area contributed by atoms with E-state index in [1.54, 1.807) is 0 Å². The Morgan fingerprint density at radius 2 is 1.48 bits per heavy atom. The minimum atomic E-state index is -0.386. The standard InChI is InChI=1S/C36H47N3O/c1-25(2)33-29(6)39(32-15-11-12-27(4)24-32)36(40)34(35(33)30-18-16-26(3)17-19-30)28(5)37-20-22-38(23-21-37)31-13-9-7-8-10-14-31/h11-12,15-19,24,31,34-35H,1,5,7-10,13-14,20-23H2,2-4,6H3. The van der Waals surface area contributed by atoms with Gasteiger partial charge in [-0.2, -0.15) is 0 Å². The molecule has 2 aromatic carbocycles. The van der Waals surface area contributed by atoms with Gasteiger partial charge in [0.1, 0.15) is 0 Å². The number of amides is 1. The monoisotopic (exact) mass is 537 g/mol. The molecule has 4 nitrogen and oxygen atoms in total. The zero-order valence-electron chi connectivity index (χ0n) is 25.1. The minimum Gasteiger partial charge on any atom is -0.372 e. The van der Waals surface area contributed by atoms with Crippen molar-refractivity contribution in [2.45, 2.75) is 78.2 Å². The molecule has 2 heterocycles. The van der Waals surface area contributed by atoms with Crippen LogP contribution in [0.5, 0.6) is 0 Å². The third-order valence-electron chi connectivity index (χ3n) is 9.43. The van der Waals surface area contributed by atoms with E-state index in [2.05, 4.69) is 87.1 Å². The molecule has 0 aromatic heterocycles. The van der Waals surface area contributed by atoms with Crippen LogP contribution in [0.15, 0.2) is 84.2 Å². The summed E-state index contributed by atoms with van der Waals surface area (Å²) in [4.78, 5) is 21.7. The van der Waals surface area contributed by atoms with Gasteiger partial charge in [0.15, 0.2) is 0 Å². The first kappa shape index (κ1) is 28.4. The highest BCUT2D eigenvalue weighted by Crippen LogP contribution is 2.47. The fourth-order valence-electron chi connectivity index (χ4n) is 7.28. The van der Waals surface area contributed by atoms with Crippen LogP contribution in [-0.4, -0.2) is 47.9 Å². The fourth-order valence-corrected chi connectivity index (χ4v) is 7.28. The average Bonchev–Trinajstić information content (AvgIpc) is 3.23. The second kappa shape index (κ2) is 12.2. The molecule has 1 amide bonds. The Kier molecular flexibility index (Phi) is 8.65. The lowest BCUT2D eigenvalue weighted by molar-refractivity contribution is -0.122. The Morgan fingerprint density at radius 1 is 0.825 bits per heavy atom. The van der Waals surface area contributed by atoms with E-state index in [-0.39, 0.29) is 17.7 Å². The zero-order chi connectivity index (χ0) is 28.4.